The molecule has 0 aliphatic heterocycles. The van der Waals surface area contributed by atoms with Gasteiger partial charge in [0.15, 0.2) is 0 Å². The Morgan fingerprint density at radius 2 is 2.19 bits per heavy atom. The van der Waals surface area contributed by atoms with Crippen molar-refractivity contribution >= 4 is 27.7 Å². The van der Waals surface area contributed by atoms with Crippen LogP contribution in [0.25, 0.3) is 0 Å². The number of ether oxygens (including phenoxy) is 2. The molecular weight excluding hydrogens is 248 g/mol. The predicted octanol–water partition coefficient (Wildman–Crippen LogP) is 2.48. The Kier molecular flexibility index (Phi) is 8.60. The third-order valence-corrected chi connectivity index (χ3v) is 4.61. The van der Waals surface area contributed by atoms with Crippen LogP contribution >= 0.6 is 21.6 Å². The summed E-state index contributed by atoms with van der Waals surface area (Å²) in [4.78, 5) is 10.9. The minimum Gasteiger partial charge on any atom is -0.433 e. The normalized spacial score (nSPS) is 10.9. The largest absolute Gasteiger partial charge is 0.508 e. The molecule has 0 saturated heterocycles. The Morgan fingerprint density at radius 1 is 1.50 bits per heavy atom. The molecule has 0 spiro atoms. The smallest absolute Gasteiger partial charge is 0.433 e. The van der Waals surface area contributed by atoms with Crippen LogP contribution in [-0.2, 0) is 9.47 Å². The van der Waals surface area contributed by atoms with E-state index in [1.54, 1.807) is 21.6 Å². The summed E-state index contributed by atoms with van der Waals surface area (Å²) in [6.45, 7) is 7.90. The Labute approximate surface area is 104 Å². The molecule has 0 saturated carbocycles. The first kappa shape index (κ1) is 15.7. The summed E-state index contributed by atoms with van der Waals surface area (Å²) in [7, 11) is 3.12. The minimum absolute atomic E-state index is 0.118. The van der Waals surface area contributed by atoms with Crippen molar-refractivity contribution in [2.75, 3.05) is 25.6 Å². The molecule has 94 valence electrons. The quantitative estimate of drug-likeness (QED) is 0.315. The van der Waals surface area contributed by atoms with Gasteiger partial charge in [-0.3, -0.25) is 0 Å². The molecule has 0 atom stereocenters. The highest BCUT2D eigenvalue weighted by Crippen LogP contribution is 2.34. The van der Waals surface area contributed by atoms with Crippen molar-refractivity contribution in [1.29, 1.82) is 0 Å². The maximum atomic E-state index is 10.9. The van der Waals surface area contributed by atoms with E-state index in [4.69, 9.17) is 9.84 Å². The van der Waals surface area contributed by atoms with Gasteiger partial charge in [-0.2, -0.15) is 0 Å². The Balaban J connectivity index is 3.40. The van der Waals surface area contributed by atoms with Gasteiger partial charge in [0.25, 0.3) is 0 Å². The lowest BCUT2D eigenvalue weighted by Gasteiger charge is -2.19. The number of aliphatic hydroxyl groups excluding tert-OH is 1. The monoisotopic (exact) mass is 266 g/mol. The third kappa shape index (κ3) is 8.94. The van der Waals surface area contributed by atoms with Crippen molar-refractivity contribution < 1.29 is 19.4 Å². The fourth-order valence-electron chi connectivity index (χ4n) is 0.555. The zero-order valence-electron chi connectivity index (χ0n) is 9.60. The number of aliphatic hydroxyl groups is 1. The van der Waals surface area contributed by atoms with Crippen molar-refractivity contribution in [2.45, 2.75) is 18.6 Å². The summed E-state index contributed by atoms with van der Waals surface area (Å²) in [5.74, 6) is 0.664. The highest BCUT2D eigenvalue weighted by atomic mass is 33.1. The van der Waals surface area contributed by atoms with Crippen molar-refractivity contribution in [1.82, 2.24) is 0 Å². The zero-order valence-corrected chi connectivity index (χ0v) is 11.2. The molecule has 0 fully saturated rings. The van der Waals surface area contributed by atoms with Gasteiger partial charge in [-0.05, 0) is 13.8 Å². The molecule has 0 rings (SSSR count). The number of rotatable bonds is 8. The van der Waals surface area contributed by atoms with E-state index in [0.717, 1.165) is 0 Å². The summed E-state index contributed by atoms with van der Waals surface area (Å²) >= 11 is 0. The highest BCUT2D eigenvalue weighted by molar-refractivity contribution is 8.77. The minimum atomic E-state index is -0.674. The number of hydrogen-bond acceptors (Lipinski definition) is 6. The lowest BCUT2D eigenvalue weighted by molar-refractivity contribution is 0.0682. The molecule has 0 aromatic carbocycles. The molecular formula is C10H18O4S2. The van der Waals surface area contributed by atoms with Gasteiger partial charge in [-0.15, -0.1) is 0 Å². The van der Waals surface area contributed by atoms with E-state index >= 15 is 0 Å². The molecule has 0 aromatic rings. The number of carbonyl (C=O) groups excluding carboxylic acids is 1. The number of carbonyl (C=O) groups is 1. The molecule has 16 heavy (non-hydrogen) atoms. The van der Waals surface area contributed by atoms with E-state index in [1.165, 1.54) is 6.08 Å². The van der Waals surface area contributed by atoms with Crippen LogP contribution < -0.4 is 0 Å². The van der Waals surface area contributed by atoms with Crippen LogP contribution in [0.5, 0.6) is 0 Å². The molecule has 0 bridgehead atoms. The SMILES string of the molecule is C=CCOC(=O)OCCSSC(C)(C)CO. The van der Waals surface area contributed by atoms with Gasteiger partial charge in [0.1, 0.15) is 13.2 Å². The van der Waals surface area contributed by atoms with Crippen molar-refractivity contribution in [3.05, 3.63) is 12.7 Å². The molecule has 0 aromatic heterocycles. The third-order valence-electron chi connectivity index (χ3n) is 1.37. The zero-order chi connectivity index (χ0) is 12.4. The second-order valence-electron chi connectivity index (χ2n) is 3.52. The van der Waals surface area contributed by atoms with E-state index in [2.05, 4.69) is 11.3 Å². The summed E-state index contributed by atoms with van der Waals surface area (Å²) in [5.41, 5.74) is 0. The lowest BCUT2D eigenvalue weighted by atomic mass is 10.2. The van der Waals surface area contributed by atoms with Crippen molar-refractivity contribution in [3.63, 3.8) is 0 Å². The number of hydrogen-bond donors (Lipinski definition) is 1. The average molecular weight is 266 g/mol. The summed E-state index contributed by atoms with van der Waals surface area (Å²) in [6, 6.07) is 0. The van der Waals surface area contributed by atoms with Gasteiger partial charge in [0, 0.05) is 10.5 Å². The molecule has 1 N–H and O–H groups in total. The molecule has 0 radical (unpaired) electrons. The van der Waals surface area contributed by atoms with Gasteiger partial charge in [-0.25, -0.2) is 4.79 Å². The van der Waals surface area contributed by atoms with E-state index in [-0.39, 0.29) is 18.0 Å². The van der Waals surface area contributed by atoms with Crippen LogP contribution in [0.15, 0.2) is 12.7 Å². The van der Waals surface area contributed by atoms with Crippen LogP contribution in [0, 0.1) is 0 Å². The molecule has 0 aliphatic rings. The van der Waals surface area contributed by atoms with Crippen molar-refractivity contribution in [3.8, 4) is 0 Å². The molecule has 4 nitrogen and oxygen atoms in total. The standard InChI is InChI=1S/C10H18O4S2/c1-4-5-13-9(12)14-6-7-15-16-10(2,3)8-11/h4,11H,1,5-8H2,2-3H3. The van der Waals surface area contributed by atoms with E-state index in [1.807, 2.05) is 13.8 Å². The summed E-state index contributed by atoms with van der Waals surface area (Å²) in [5, 5.41) is 8.99. The van der Waals surface area contributed by atoms with Gasteiger partial charge in [0.2, 0.25) is 0 Å². The summed E-state index contributed by atoms with van der Waals surface area (Å²) < 4.78 is 9.24. The lowest BCUT2D eigenvalue weighted by Crippen LogP contribution is -2.18. The maximum absolute atomic E-state index is 10.9. The second kappa shape index (κ2) is 8.78. The topological polar surface area (TPSA) is 55.8 Å². The van der Waals surface area contributed by atoms with Gasteiger partial charge in [-0.1, -0.05) is 34.2 Å². The molecule has 6 heteroatoms. The van der Waals surface area contributed by atoms with Crippen molar-refractivity contribution in [2.24, 2.45) is 0 Å². The molecule has 0 aliphatic carbocycles. The fraction of sp³-hybridized carbons (Fsp3) is 0.700. The van der Waals surface area contributed by atoms with Crippen LogP contribution in [0.2, 0.25) is 0 Å². The predicted molar refractivity (Wildman–Crippen MR) is 68.7 cm³/mol. The van der Waals surface area contributed by atoms with Crippen LogP contribution in [0.1, 0.15) is 13.8 Å². The van der Waals surface area contributed by atoms with Crippen LogP contribution in [-0.4, -0.2) is 41.6 Å². The Hall–Kier alpha value is -0.330. The first-order valence-electron chi connectivity index (χ1n) is 4.84. The van der Waals surface area contributed by atoms with E-state index in [9.17, 15) is 4.79 Å². The molecule has 0 amide bonds. The first-order valence-corrected chi connectivity index (χ1v) is 7.15. The van der Waals surface area contributed by atoms with Crippen LogP contribution in [0.4, 0.5) is 4.79 Å². The first-order chi connectivity index (χ1) is 7.52. The average Bonchev–Trinajstić information content (AvgIpc) is 2.25. The van der Waals surface area contributed by atoms with Gasteiger partial charge < -0.3 is 14.6 Å². The maximum Gasteiger partial charge on any atom is 0.508 e. The van der Waals surface area contributed by atoms with Crippen LogP contribution in [0.3, 0.4) is 0 Å². The second-order valence-corrected chi connectivity index (χ2v) is 6.64. The van der Waals surface area contributed by atoms with Gasteiger partial charge >= 0.3 is 6.16 Å². The van der Waals surface area contributed by atoms with E-state index < -0.39 is 6.16 Å². The van der Waals surface area contributed by atoms with E-state index in [0.29, 0.717) is 12.4 Å². The Morgan fingerprint density at radius 3 is 2.75 bits per heavy atom. The molecule has 0 unspecified atom stereocenters. The highest BCUT2D eigenvalue weighted by Gasteiger charge is 2.17. The summed E-state index contributed by atoms with van der Waals surface area (Å²) in [6.07, 6.45) is 0.808. The fourth-order valence-corrected chi connectivity index (χ4v) is 2.73. The van der Waals surface area contributed by atoms with Gasteiger partial charge in [0.05, 0.1) is 6.61 Å². The Bertz CT molecular complexity index is 219. The molecule has 0 heterocycles.